The molecule has 5 nitrogen and oxygen atoms in total. The number of ether oxygens (including phenoxy) is 2. The molecule has 0 aliphatic carbocycles. The first-order chi connectivity index (χ1) is 9.97. The number of hydrogen-bond acceptors (Lipinski definition) is 4. The molecule has 1 heterocycles. The maximum Gasteiger partial charge on any atom is 0.124 e. The predicted molar refractivity (Wildman–Crippen MR) is 84.3 cm³/mol. The van der Waals surface area contributed by atoms with E-state index in [1.807, 2.05) is 36.9 Å². The summed E-state index contributed by atoms with van der Waals surface area (Å²) in [4.78, 5) is 0. The van der Waals surface area contributed by atoms with Crippen LogP contribution in [0, 0.1) is 13.8 Å². The van der Waals surface area contributed by atoms with Crippen molar-refractivity contribution in [3.63, 3.8) is 0 Å². The summed E-state index contributed by atoms with van der Waals surface area (Å²) in [6.07, 6.45) is 0. The summed E-state index contributed by atoms with van der Waals surface area (Å²) in [7, 11) is 5.29. The van der Waals surface area contributed by atoms with Crippen LogP contribution in [-0.2, 0) is 7.05 Å². The average Bonchev–Trinajstić information content (AvgIpc) is 2.72. The van der Waals surface area contributed by atoms with Crippen molar-refractivity contribution in [1.29, 1.82) is 0 Å². The zero-order valence-corrected chi connectivity index (χ0v) is 13.5. The molecule has 1 aromatic carbocycles. The molecule has 0 aliphatic rings. The zero-order valence-electron chi connectivity index (χ0n) is 13.5. The van der Waals surface area contributed by atoms with E-state index in [1.165, 1.54) is 0 Å². The van der Waals surface area contributed by atoms with E-state index in [1.54, 1.807) is 14.2 Å². The van der Waals surface area contributed by atoms with Crippen LogP contribution in [0.4, 0.5) is 5.69 Å². The van der Waals surface area contributed by atoms with Gasteiger partial charge in [-0.2, -0.15) is 5.10 Å². The van der Waals surface area contributed by atoms with E-state index in [-0.39, 0.29) is 6.04 Å². The van der Waals surface area contributed by atoms with Gasteiger partial charge >= 0.3 is 0 Å². The number of anilines is 1. The van der Waals surface area contributed by atoms with Crippen LogP contribution in [0.15, 0.2) is 18.2 Å². The van der Waals surface area contributed by atoms with E-state index in [2.05, 4.69) is 24.3 Å². The lowest BCUT2D eigenvalue weighted by Gasteiger charge is -2.19. The van der Waals surface area contributed by atoms with Gasteiger partial charge < -0.3 is 14.8 Å². The number of hydrogen-bond donors (Lipinski definition) is 1. The molecule has 1 N–H and O–H groups in total. The first kappa shape index (κ1) is 15.2. The van der Waals surface area contributed by atoms with Crippen LogP contribution < -0.4 is 14.8 Å². The molecule has 0 radical (unpaired) electrons. The number of aromatic nitrogens is 2. The van der Waals surface area contributed by atoms with Crippen LogP contribution >= 0.6 is 0 Å². The van der Waals surface area contributed by atoms with Crippen LogP contribution in [0.25, 0.3) is 0 Å². The lowest BCUT2D eigenvalue weighted by molar-refractivity contribution is 0.397. The molecule has 114 valence electrons. The molecule has 0 saturated carbocycles. The molecule has 0 aliphatic heterocycles. The minimum absolute atomic E-state index is 0.0802. The topological polar surface area (TPSA) is 48.3 Å². The molecular weight excluding hydrogens is 266 g/mol. The fraction of sp³-hybridized carbons (Fsp3) is 0.438. The third kappa shape index (κ3) is 2.96. The lowest BCUT2D eigenvalue weighted by atomic mass is 10.1. The normalized spacial score (nSPS) is 12.1. The molecule has 0 fully saturated rings. The van der Waals surface area contributed by atoms with Crippen molar-refractivity contribution >= 4 is 5.69 Å². The van der Waals surface area contributed by atoms with E-state index in [9.17, 15) is 0 Å². The lowest BCUT2D eigenvalue weighted by Crippen LogP contribution is -2.10. The largest absolute Gasteiger partial charge is 0.497 e. The van der Waals surface area contributed by atoms with Crippen molar-refractivity contribution < 1.29 is 9.47 Å². The van der Waals surface area contributed by atoms with Crippen molar-refractivity contribution in [3.8, 4) is 11.5 Å². The third-order valence-corrected chi connectivity index (χ3v) is 3.77. The minimum Gasteiger partial charge on any atom is -0.497 e. The summed E-state index contributed by atoms with van der Waals surface area (Å²) in [5.41, 5.74) is 4.22. The van der Waals surface area contributed by atoms with Crippen LogP contribution in [0.2, 0.25) is 0 Å². The molecule has 2 rings (SSSR count). The summed E-state index contributed by atoms with van der Waals surface area (Å²) < 4.78 is 12.6. The maximum absolute atomic E-state index is 5.45. The Labute approximate surface area is 125 Å². The number of nitrogens with one attached hydrogen (secondary N) is 1. The molecule has 5 heteroatoms. The smallest absolute Gasteiger partial charge is 0.124 e. The summed E-state index contributed by atoms with van der Waals surface area (Å²) in [5, 5.41) is 7.95. The second kappa shape index (κ2) is 6.08. The Morgan fingerprint density at radius 3 is 2.43 bits per heavy atom. The van der Waals surface area contributed by atoms with Gasteiger partial charge in [0.25, 0.3) is 0 Å². The highest BCUT2D eigenvalue weighted by molar-refractivity contribution is 5.55. The fourth-order valence-electron chi connectivity index (χ4n) is 2.45. The number of aryl methyl sites for hydroxylation is 2. The average molecular weight is 289 g/mol. The molecule has 21 heavy (non-hydrogen) atoms. The van der Waals surface area contributed by atoms with Crippen molar-refractivity contribution in [3.05, 3.63) is 35.2 Å². The first-order valence-electron chi connectivity index (χ1n) is 6.96. The Bertz CT molecular complexity index is 635. The van der Waals surface area contributed by atoms with Crippen molar-refractivity contribution in [2.75, 3.05) is 19.5 Å². The summed E-state index contributed by atoms with van der Waals surface area (Å²) in [5.74, 6) is 1.66. The number of rotatable bonds is 5. The van der Waals surface area contributed by atoms with Gasteiger partial charge in [-0.15, -0.1) is 0 Å². The van der Waals surface area contributed by atoms with Gasteiger partial charge in [0, 0.05) is 12.6 Å². The Morgan fingerprint density at radius 1 is 1.19 bits per heavy atom. The number of benzene rings is 1. The van der Waals surface area contributed by atoms with Gasteiger partial charge in [-0.3, -0.25) is 4.68 Å². The summed E-state index contributed by atoms with van der Waals surface area (Å²) >= 11 is 0. The molecule has 0 spiro atoms. The molecule has 0 amide bonds. The van der Waals surface area contributed by atoms with Gasteiger partial charge in [-0.25, -0.2) is 0 Å². The summed E-state index contributed by atoms with van der Waals surface area (Å²) in [6, 6.07) is 5.90. The van der Waals surface area contributed by atoms with E-state index >= 15 is 0 Å². The predicted octanol–water partition coefficient (Wildman–Crippen LogP) is 3.23. The quantitative estimate of drug-likeness (QED) is 0.918. The first-order valence-corrected chi connectivity index (χ1v) is 6.96. The second-order valence-corrected chi connectivity index (χ2v) is 5.14. The van der Waals surface area contributed by atoms with Gasteiger partial charge in [0.2, 0.25) is 0 Å². The highest BCUT2D eigenvalue weighted by atomic mass is 16.5. The van der Waals surface area contributed by atoms with Crippen molar-refractivity contribution in [1.82, 2.24) is 9.78 Å². The molecule has 0 saturated heterocycles. The second-order valence-electron chi connectivity index (χ2n) is 5.14. The van der Waals surface area contributed by atoms with E-state index in [4.69, 9.17) is 9.47 Å². The standard InChI is InChI=1S/C16H23N3O2/c1-10(17-16-11(2)18-19(4)12(16)3)14-9-13(20-5)7-8-15(14)21-6/h7-10,17H,1-6H3. The van der Waals surface area contributed by atoms with Crippen LogP contribution in [0.5, 0.6) is 11.5 Å². The minimum atomic E-state index is 0.0802. The van der Waals surface area contributed by atoms with Gasteiger partial charge in [-0.05, 0) is 39.0 Å². The fourth-order valence-corrected chi connectivity index (χ4v) is 2.45. The highest BCUT2D eigenvalue weighted by Gasteiger charge is 2.16. The number of nitrogens with zero attached hydrogens (tertiary/aromatic N) is 2. The highest BCUT2D eigenvalue weighted by Crippen LogP contribution is 2.32. The van der Waals surface area contributed by atoms with Crippen LogP contribution in [0.3, 0.4) is 0 Å². The van der Waals surface area contributed by atoms with Crippen molar-refractivity contribution in [2.45, 2.75) is 26.8 Å². The maximum atomic E-state index is 5.45. The van der Waals surface area contributed by atoms with Gasteiger partial charge in [0.05, 0.1) is 37.3 Å². The Balaban J connectivity index is 2.33. The zero-order chi connectivity index (χ0) is 15.6. The molecule has 1 unspecified atom stereocenters. The monoisotopic (exact) mass is 289 g/mol. The van der Waals surface area contributed by atoms with Crippen molar-refractivity contribution in [2.24, 2.45) is 7.05 Å². The van der Waals surface area contributed by atoms with E-state index in [0.717, 1.165) is 34.1 Å². The van der Waals surface area contributed by atoms with Gasteiger partial charge in [0.15, 0.2) is 0 Å². The number of methoxy groups -OCH3 is 2. The molecule has 0 bridgehead atoms. The van der Waals surface area contributed by atoms with Gasteiger partial charge in [0.1, 0.15) is 11.5 Å². The van der Waals surface area contributed by atoms with Crippen LogP contribution in [-0.4, -0.2) is 24.0 Å². The third-order valence-electron chi connectivity index (χ3n) is 3.77. The molecule has 2 aromatic rings. The van der Waals surface area contributed by atoms with Gasteiger partial charge in [-0.1, -0.05) is 0 Å². The SMILES string of the molecule is COc1ccc(OC)c(C(C)Nc2c(C)nn(C)c2C)c1. The molecule has 1 aromatic heterocycles. The Hall–Kier alpha value is -2.17. The summed E-state index contributed by atoms with van der Waals surface area (Å²) in [6.45, 7) is 6.16. The van der Waals surface area contributed by atoms with E-state index in [0.29, 0.717) is 0 Å². The van der Waals surface area contributed by atoms with E-state index < -0.39 is 0 Å². The molecular formula is C16H23N3O2. The Kier molecular flexibility index (Phi) is 4.40. The molecule has 1 atom stereocenters. The van der Waals surface area contributed by atoms with Crippen LogP contribution in [0.1, 0.15) is 29.9 Å². The Morgan fingerprint density at radius 2 is 1.90 bits per heavy atom.